The number of thiazole rings is 1. The lowest BCUT2D eigenvalue weighted by Crippen LogP contribution is -2.28. The van der Waals surface area contributed by atoms with Crippen LogP contribution < -0.4 is 5.32 Å². The van der Waals surface area contributed by atoms with E-state index < -0.39 is 0 Å². The molecule has 0 spiro atoms. The Bertz CT molecular complexity index is 443. The average Bonchev–Trinajstić information content (AvgIpc) is 2.77. The Morgan fingerprint density at radius 2 is 2.17 bits per heavy atom. The monoisotopic (exact) mass is 285 g/mol. The van der Waals surface area contributed by atoms with Crippen molar-refractivity contribution in [2.24, 2.45) is 11.8 Å². The van der Waals surface area contributed by atoms with Crippen molar-refractivity contribution in [3.63, 3.8) is 0 Å². The van der Waals surface area contributed by atoms with Crippen LogP contribution in [-0.4, -0.2) is 23.2 Å². The molecule has 0 saturated heterocycles. The Morgan fingerprint density at radius 3 is 2.78 bits per heavy atom. The Labute approximate surface area is 116 Å². The second-order valence-corrected chi connectivity index (χ2v) is 5.98. The van der Waals surface area contributed by atoms with Gasteiger partial charge in [0.2, 0.25) is 0 Å². The van der Waals surface area contributed by atoms with Crippen LogP contribution in [0.4, 0.5) is 5.13 Å². The number of nitrogens with one attached hydrogen (secondary N) is 1. The molecule has 0 radical (unpaired) electrons. The predicted molar refractivity (Wildman–Crippen MR) is 72.9 cm³/mol. The van der Waals surface area contributed by atoms with E-state index in [1.165, 1.54) is 24.2 Å². The molecule has 18 heavy (non-hydrogen) atoms. The highest BCUT2D eigenvalue weighted by Gasteiger charge is 2.24. The molecule has 1 heterocycles. The lowest BCUT2D eigenvalue weighted by molar-refractivity contribution is 0.141. The Kier molecular flexibility index (Phi) is 4.81. The first-order chi connectivity index (χ1) is 8.74. The van der Waals surface area contributed by atoms with Gasteiger partial charge in [-0.15, -0.1) is 0 Å². The van der Waals surface area contributed by atoms with E-state index in [-0.39, 0.29) is 11.8 Å². The molecule has 0 amide bonds. The third-order valence-electron chi connectivity index (χ3n) is 3.50. The number of hydrogen-bond donors (Lipinski definition) is 2. The maximum atomic E-state index is 9.34. The summed E-state index contributed by atoms with van der Waals surface area (Å²) in [5.74, 6) is 0.870. The van der Waals surface area contributed by atoms with Crippen LogP contribution in [0.1, 0.15) is 30.6 Å². The van der Waals surface area contributed by atoms with Crippen molar-refractivity contribution in [1.29, 1.82) is 5.26 Å². The standard InChI is InChI=1S/C12H16ClN3OS/c13-11-10(5-14)18-12(16-11)15-6-8-3-1-2-4-9(8)7-17/h8-9,17H,1-4,6-7H2,(H,15,16). The number of hydrogen-bond acceptors (Lipinski definition) is 5. The zero-order valence-electron chi connectivity index (χ0n) is 10.0. The highest BCUT2D eigenvalue weighted by atomic mass is 35.5. The first kappa shape index (κ1) is 13.6. The van der Waals surface area contributed by atoms with Crippen LogP contribution in [0.3, 0.4) is 0 Å². The molecule has 2 rings (SSSR count). The molecule has 98 valence electrons. The molecule has 1 fully saturated rings. The number of nitriles is 1. The highest BCUT2D eigenvalue weighted by Crippen LogP contribution is 2.31. The summed E-state index contributed by atoms with van der Waals surface area (Å²) in [7, 11) is 0. The molecule has 0 aliphatic heterocycles. The minimum absolute atomic E-state index is 0.258. The maximum Gasteiger partial charge on any atom is 0.185 e. The van der Waals surface area contributed by atoms with Gasteiger partial charge in [-0.3, -0.25) is 0 Å². The fraction of sp³-hybridized carbons (Fsp3) is 0.667. The molecule has 1 aliphatic rings. The molecule has 2 N–H and O–H groups in total. The minimum atomic E-state index is 0.258. The lowest BCUT2D eigenvalue weighted by Gasteiger charge is -2.30. The van der Waals surface area contributed by atoms with Gasteiger partial charge in [0.25, 0.3) is 0 Å². The van der Waals surface area contributed by atoms with E-state index in [1.807, 2.05) is 6.07 Å². The molecule has 1 aliphatic carbocycles. The van der Waals surface area contributed by atoms with E-state index in [2.05, 4.69) is 10.3 Å². The minimum Gasteiger partial charge on any atom is -0.396 e. The van der Waals surface area contributed by atoms with Gasteiger partial charge in [0.15, 0.2) is 10.3 Å². The summed E-state index contributed by atoms with van der Waals surface area (Å²) in [5.41, 5.74) is 0. The smallest absolute Gasteiger partial charge is 0.185 e. The Morgan fingerprint density at radius 1 is 1.44 bits per heavy atom. The van der Waals surface area contributed by atoms with Gasteiger partial charge in [-0.05, 0) is 24.7 Å². The van der Waals surface area contributed by atoms with Gasteiger partial charge in [-0.2, -0.15) is 5.26 Å². The largest absolute Gasteiger partial charge is 0.396 e. The van der Waals surface area contributed by atoms with Crippen molar-refractivity contribution in [2.45, 2.75) is 25.7 Å². The topological polar surface area (TPSA) is 68.9 Å². The second kappa shape index (κ2) is 6.37. The summed E-state index contributed by atoms with van der Waals surface area (Å²) >= 11 is 7.10. The third-order valence-corrected chi connectivity index (χ3v) is 4.81. The van der Waals surface area contributed by atoms with Crippen molar-refractivity contribution in [1.82, 2.24) is 4.98 Å². The molecular formula is C12H16ClN3OS. The maximum absolute atomic E-state index is 9.34. The number of aromatic nitrogens is 1. The third kappa shape index (κ3) is 3.14. The van der Waals surface area contributed by atoms with Gasteiger partial charge in [-0.1, -0.05) is 35.8 Å². The van der Waals surface area contributed by atoms with Crippen molar-refractivity contribution in [3.8, 4) is 6.07 Å². The van der Waals surface area contributed by atoms with Crippen molar-refractivity contribution in [3.05, 3.63) is 10.0 Å². The summed E-state index contributed by atoms with van der Waals surface area (Å²) in [5, 5.41) is 22.3. The number of anilines is 1. The van der Waals surface area contributed by atoms with Gasteiger partial charge >= 0.3 is 0 Å². The number of rotatable bonds is 4. The van der Waals surface area contributed by atoms with E-state index in [0.717, 1.165) is 19.4 Å². The summed E-state index contributed by atoms with van der Waals surface area (Å²) in [6, 6.07) is 2.02. The summed E-state index contributed by atoms with van der Waals surface area (Å²) in [4.78, 5) is 4.55. The zero-order valence-corrected chi connectivity index (χ0v) is 11.6. The zero-order chi connectivity index (χ0) is 13.0. The van der Waals surface area contributed by atoms with Gasteiger partial charge in [0.05, 0.1) is 0 Å². The normalized spacial score (nSPS) is 23.6. The van der Waals surface area contributed by atoms with Crippen molar-refractivity contribution >= 4 is 28.1 Å². The number of nitrogens with zero attached hydrogens (tertiary/aromatic N) is 2. The van der Waals surface area contributed by atoms with E-state index in [9.17, 15) is 5.11 Å². The molecule has 1 saturated carbocycles. The quantitative estimate of drug-likeness (QED) is 0.892. The molecule has 2 atom stereocenters. The van der Waals surface area contributed by atoms with Gasteiger partial charge in [0.1, 0.15) is 10.9 Å². The van der Waals surface area contributed by atoms with Crippen LogP contribution in [0, 0.1) is 23.2 Å². The number of aliphatic hydroxyl groups is 1. The first-order valence-corrected chi connectivity index (χ1v) is 7.35. The number of aliphatic hydroxyl groups excluding tert-OH is 1. The molecule has 2 unspecified atom stereocenters. The number of halogens is 1. The predicted octanol–water partition coefficient (Wildman–Crippen LogP) is 2.88. The van der Waals surface area contributed by atoms with Crippen LogP contribution in [0.25, 0.3) is 0 Å². The van der Waals surface area contributed by atoms with E-state index >= 15 is 0 Å². The summed E-state index contributed by atoms with van der Waals surface area (Å²) < 4.78 is 0. The molecule has 0 aromatic carbocycles. The summed E-state index contributed by atoms with van der Waals surface area (Å²) in [6.45, 7) is 1.05. The summed E-state index contributed by atoms with van der Waals surface area (Å²) in [6.07, 6.45) is 4.68. The highest BCUT2D eigenvalue weighted by molar-refractivity contribution is 7.16. The van der Waals surface area contributed by atoms with Gasteiger partial charge in [0, 0.05) is 13.2 Å². The Hall–Kier alpha value is -0.830. The van der Waals surface area contributed by atoms with Crippen LogP contribution in [0.15, 0.2) is 0 Å². The molecule has 0 bridgehead atoms. The van der Waals surface area contributed by atoms with Crippen LogP contribution in [0.5, 0.6) is 0 Å². The van der Waals surface area contributed by atoms with Crippen LogP contribution in [-0.2, 0) is 0 Å². The fourth-order valence-corrected chi connectivity index (χ4v) is 3.41. The van der Waals surface area contributed by atoms with Gasteiger partial charge < -0.3 is 10.4 Å². The van der Waals surface area contributed by atoms with E-state index in [1.54, 1.807) is 0 Å². The molecular weight excluding hydrogens is 270 g/mol. The molecule has 1 aromatic heterocycles. The van der Waals surface area contributed by atoms with Crippen LogP contribution in [0.2, 0.25) is 5.15 Å². The SMILES string of the molecule is N#Cc1sc(NCC2CCCCC2CO)nc1Cl. The van der Waals surface area contributed by atoms with Crippen molar-refractivity contribution < 1.29 is 5.11 Å². The molecule has 4 nitrogen and oxygen atoms in total. The van der Waals surface area contributed by atoms with Crippen LogP contribution >= 0.6 is 22.9 Å². The van der Waals surface area contributed by atoms with E-state index in [0.29, 0.717) is 21.8 Å². The molecule has 6 heteroatoms. The van der Waals surface area contributed by atoms with Gasteiger partial charge in [-0.25, -0.2) is 4.98 Å². The lowest BCUT2D eigenvalue weighted by atomic mass is 9.80. The molecule has 1 aromatic rings. The fourth-order valence-electron chi connectivity index (χ4n) is 2.46. The first-order valence-electron chi connectivity index (χ1n) is 6.15. The second-order valence-electron chi connectivity index (χ2n) is 4.62. The van der Waals surface area contributed by atoms with E-state index in [4.69, 9.17) is 16.9 Å². The average molecular weight is 286 g/mol. The Balaban J connectivity index is 1.92. The van der Waals surface area contributed by atoms with Crippen molar-refractivity contribution in [2.75, 3.05) is 18.5 Å².